The number of benzene rings is 3. The number of nitrogens with one attached hydrogen (secondary N) is 1. The number of hydrogen-bond acceptors (Lipinski definition) is 6. The molecular weight excluding hydrogens is 472 g/mol. The lowest BCUT2D eigenvalue weighted by molar-refractivity contribution is -0.115. The molecule has 0 fully saturated rings. The highest BCUT2D eigenvalue weighted by atomic mass is 32.2. The molecule has 0 saturated carbocycles. The Morgan fingerprint density at radius 2 is 1.61 bits per heavy atom. The molecule has 3 aromatic carbocycles. The molecule has 7 nitrogen and oxygen atoms in total. The number of ether oxygens (including phenoxy) is 1. The van der Waals surface area contributed by atoms with E-state index < -0.39 is 5.25 Å². The molecule has 1 amide bonds. The molecule has 0 radical (unpaired) electrons. The fraction of sp³-hybridized carbons (Fsp3) is 0.107. The lowest BCUT2D eigenvalue weighted by Gasteiger charge is -2.14. The van der Waals surface area contributed by atoms with Crippen LogP contribution in [0.1, 0.15) is 12.5 Å². The number of hydrogen-bond donors (Lipinski definition) is 1. The normalized spacial score (nSPS) is 11.7. The molecule has 5 rings (SSSR count). The zero-order valence-corrected chi connectivity index (χ0v) is 20.4. The van der Waals surface area contributed by atoms with E-state index in [1.54, 1.807) is 6.26 Å². The Morgan fingerprint density at radius 1 is 0.917 bits per heavy atom. The van der Waals surface area contributed by atoms with Gasteiger partial charge in [0.15, 0.2) is 10.9 Å². The van der Waals surface area contributed by atoms with Crippen molar-refractivity contribution < 1.29 is 13.9 Å². The van der Waals surface area contributed by atoms with Crippen LogP contribution in [0.3, 0.4) is 0 Å². The van der Waals surface area contributed by atoms with Crippen molar-refractivity contribution in [1.82, 2.24) is 14.8 Å². The second-order valence-corrected chi connectivity index (χ2v) is 9.35. The maximum atomic E-state index is 13.0. The summed E-state index contributed by atoms with van der Waals surface area (Å²) in [6.45, 7) is 2.41. The van der Waals surface area contributed by atoms with Crippen molar-refractivity contribution in [1.29, 1.82) is 0 Å². The summed E-state index contributed by atoms with van der Waals surface area (Å²) in [5, 5.41) is 11.9. The summed E-state index contributed by atoms with van der Waals surface area (Å²) >= 11 is 1.35. The summed E-state index contributed by atoms with van der Waals surface area (Å²) < 4.78 is 13.4. The summed E-state index contributed by atoms with van der Waals surface area (Å²) in [5.41, 5.74) is 1.79. The molecule has 0 saturated heterocycles. The molecule has 0 bridgehead atoms. The van der Waals surface area contributed by atoms with E-state index in [9.17, 15) is 4.79 Å². The molecule has 0 aliphatic rings. The topological polar surface area (TPSA) is 82.2 Å². The van der Waals surface area contributed by atoms with Crippen LogP contribution >= 0.6 is 11.8 Å². The molecule has 5 aromatic rings. The van der Waals surface area contributed by atoms with Gasteiger partial charge in [-0.05, 0) is 61.0 Å². The fourth-order valence-electron chi connectivity index (χ4n) is 3.56. The average molecular weight is 497 g/mol. The zero-order valence-electron chi connectivity index (χ0n) is 19.6. The van der Waals surface area contributed by atoms with Gasteiger partial charge in [-0.3, -0.25) is 9.36 Å². The SMILES string of the molecule is C[C@@H](Sc1nnc(-c2ccco2)n1Cc1ccccc1)C(=O)Nc1ccc(Oc2ccccc2)cc1. The summed E-state index contributed by atoms with van der Waals surface area (Å²) in [5.74, 6) is 2.56. The van der Waals surface area contributed by atoms with Gasteiger partial charge < -0.3 is 14.5 Å². The Kier molecular flexibility index (Phi) is 7.14. The van der Waals surface area contributed by atoms with Crippen molar-refractivity contribution >= 4 is 23.4 Å². The Bertz CT molecular complexity index is 1400. The first-order chi connectivity index (χ1) is 17.7. The molecule has 0 aliphatic heterocycles. The van der Waals surface area contributed by atoms with Gasteiger partial charge in [0.05, 0.1) is 18.1 Å². The third-order valence-electron chi connectivity index (χ3n) is 5.39. The lowest BCUT2D eigenvalue weighted by Crippen LogP contribution is -2.23. The minimum absolute atomic E-state index is 0.134. The third kappa shape index (κ3) is 5.67. The van der Waals surface area contributed by atoms with Gasteiger partial charge in [0.1, 0.15) is 11.5 Å². The van der Waals surface area contributed by atoms with Crippen molar-refractivity contribution in [3.8, 4) is 23.1 Å². The minimum atomic E-state index is -0.409. The van der Waals surface area contributed by atoms with E-state index in [2.05, 4.69) is 15.5 Å². The number of thioether (sulfide) groups is 1. The van der Waals surface area contributed by atoms with Crippen LogP contribution in [0.5, 0.6) is 11.5 Å². The number of furan rings is 1. The molecule has 0 aliphatic carbocycles. The van der Waals surface area contributed by atoms with Crippen molar-refractivity contribution in [2.75, 3.05) is 5.32 Å². The third-order valence-corrected chi connectivity index (χ3v) is 6.47. The van der Waals surface area contributed by atoms with E-state index in [0.29, 0.717) is 34.7 Å². The summed E-state index contributed by atoms with van der Waals surface area (Å²) in [4.78, 5) is 13.0. The predicted molar refractivity (Wildman–Crippen MR) is 140 cm³/mol. The Hall–Kier alpha value is -4.30. The number of aromatic nitrogens is 3. The second-order valence-electron chi connectivity index (χ2n) is 8.04. The van der Waals surface area contributed by atoms with Crippen LogP contribution in [-0.2, 0) is 11.3 Å². The predicted octanol–water partition coefficient (Wildman–Crippen LogP) is 6.50. The van der Waals surface area contributed by atoms with Gasteiger partial charge in [0.25, 0.3) is 0 Å². The maximum absolute atomic E-state index is 13.0. The number of rotatable bonds is 9. The molecule has 180 valence electrons. The van der Waals surface area contributed by atoms with Crippen LogP contribution in [-0.4, -0.2) is 25.9 Å². The first-order valence-corrected chi connectivity index (χ1v) is 12.3. The number of carbonyl (C=O) groups is 1. The zero-order chi connectivity index (χ0) is 24.7. The number of para-hydroxylation sites is 1. The van der Waals surface area contributed by atoms with Crippen LogP contribution in [0.15, 0.2) is 113 Å². The molecule has 8 heteroatoms. The van der Waals surface area contributed by atoms with E-state index in [1.165, 1.54) is 11.8 Å². The Balaban J connectivity index is 1.27. The summed E-state index contributed by atoms with van der Waals surface area (Å²) in [6, 6.07) is 30.6. The number of carbonyl (C=O) groups excluding carboxylic acids is 1. The van der Waals surface area contributed by atoms with Crippen LogP contribution in [0.4, 0.5) is 5.69 Å². The van der Waals surface area contributed by atoms with Crippen molar-refractivity contribution in [3.63, 3.8) is 0 Å². The Labute approximate surface area is 213 Å². The van der Waals surface area contributed by atoms with Crippen molar-refractivity contribution in [2.24, 2.45) is 0 Å². The van der Waals surface area contributed by atoms with E-state index in [0.717, 1.165) is 11.3 Å². The number of amides is 1. The first-order valence-electron chi connectivity index (χ1n) is 11.5. The first kappa shape index (κ1) is 23.4. The molecule has 36 heavy (non-hydrogen) atoms. The van der Waals surface area contributed by atoms with E-state index in [1.807, 2.05) is 109 Å². The maximum Gasteiger partial charge on any atom is 0.237 e. The lowest BCUT2D eigenvalue weighted by atomic mass is 10.2. The largest absolute Gasteiger partial charge is 0.461 e. The van der Waals surface area contributed by atoms with Gasteiger partial charge in [-0.1, -0.05) is 60.3 Å². The molecule has 1 N–H and O–H groups in total. The molecule has 2 heterocycles. The molecule has 1 atom stereocenters. The molecule has 0 spiro atoms. The minimum Gasteiger partial charge on any atom is -0.461 e. The van der Waals surface area contributed by atoms with Gasteiger partial charge in [-0.25, -0.2) is 0 Å². The highest BCUT2D eigenvalue weighted by Crippen LogP contribution is 2.29. The van der Waals surface area contributed by atoms with Gasteiger partial charge in [-0.2, -0.15) is 0 Å². The average Bonchev–Trinajstić information content (AvgIpc) is 3.57. The van der Waals surface area contributed by atoms with Crippen LogP contribution < -0.4 is 10.1 Å². The molecule has 2 aromatic heterocycles. The van der Waals surface area contributed by atoms with Crippen molar-refractivity contribution in [3.05, 3.63) is 109 Å². The smallest absolute Gasteiger partial charge is 0.237 e. The Morgan fingerprint density at radius 3 is 2.31 bits per heavy atom. The molecule has 0 unspecified atom stereocenters. The highest BCUT2D eigenvalue weighted by molar-refractivity contribution is 8.00. The van der Waals surface area contributed by atoms with E-state index in [-0.39, 0.29) is 5.91 Å². The van der Waals surface area contributed by atoms with Crippen molar-refractivity contribution in [2.45, 2.75) is 23.9 Å². The van der Waals surface area contributed by atoms with Crippen LogP contribution in [0.2, 0.25) is 0 Å². The number of anilines is 1. The van der Waals surface area contributed by atoms with Crippen LogP contribution in [0.25, 0.3) is 11.6 Å². The summed E-state index contributed by atoms with van der Waals surface area (Å²) in [6.07, 6.45) is 1.61. The molecular formula is C28H24N4O3S. The second kappa shape index (κ2) is 11.0. The van der Waals surface area contributed by atoms with Crippen LogP contribution in [0, 0.1) is 0 Å². The van der Waals surface area contributed by atoms with E-state index >= 15 is 0 Å². The monoisotopic (exact) mass is 496 g/mol. The standard InChI is InChI=1S/C28H24N4O3S/c1-20(27(33)29-22-14-16-24(17-15-22)35-23-11-6-3-7-12-23)36-28-31-30-26(25-13-8-18-34-25)32(28)19-21-9-4-2-5-10-21/h2-18,20H,19H2,1H3,(H,29,33)/t20-/m1/s1. The van der Waals surface area contributed by atoms with E-state index in [4.69, 9.17) is 9.15 Å². The summed E-state index contributed by atoms with van der Waals surface area (Å²) in [7, 11) is 0. The quantitative estimate of drug-likeness (QED) is 0.235. The van der Waals surface area contributed by atoms with Gasteiger partial charge >= 0.3 is 0 Å². The fourth-order valence-corrected chi connectivity index (χ4v) is 4.41. The van der Waals surface area contributed by atoms with Gasteiger partial charge in [0.2, 0.25) is 11.7 Å². The number of nitrogens with zero attached hydrogens (tertiary/aromatic N) is 3. The highest BCUT2D eigenvalue weighted by Gasteiger charge is 2.22. The van der Waals surface area contributed by atoms with Gasteiger partial charge in [0, 0.05) is 5.69 Å². The van der Waals surface area contributed by atoms with Gasteiger partial charge in [-0.15, -0.1) is 10.2 Å².